The second-order valence-electron chi connectivity index (χ2n) is 6.65. The maximum Gasteiger partial charge on any atom is 0.259 e. The third-order valence-electron chi connectivity index (χ3n) is 4.93. The smallest absolute Gasteiger partial charge is 0.259 e. The number of anilines is 2. The number of aromatic nitrogens is 2. The van der Waals surface area contributed by atoms with E-state index in [1.165, 1.54) is 17.7 Å². The van der Waals surface area contributed by atoms with Crippen molar-refractivity contribution in [3.63, 3.8) is 0 Å². The zero-order chi connectivity index (χ0) is 17.1. The van der Waals surface area contributed by atoms with Gasteiger partial charge in [0.1, 0.15) is 5.82 Å². The van der Waals surface area contributed by atoms with E-state index in [-0.39, 0.29) is 18.3 Å². The maximum atomic E-state index is 12.4. The number of halogens is 1. The summed E-state index contributed by atoms with van der Waals surface area (Å²) in [5, 5.41) is 6.95. The number of nitrogens with zero attached hydrogens (tertiary/aromatic N) is 3. The molecule has 2 aromatic heterocycles. The minimum absolute atomic E-state index is 0. The van der Waals surface area contributed by atoms with E-state index < -0.39 is 0 Å². The van der Waals surface area contributed by atoms with Crippen LogP contribution in [0.5, 0.6) is 0 Å². The summed E-state index contributed by atoms with van der Waals surface area (Å²) in [6.45, 7) is 4.22. The van der Waals surface area contributed by atoms with E-state index in [1.807, 2.05) is 18.3 Å². The van der Waals surface area contributed by atoms with Crippen LogP contribution in [0, 0.1) is 0 Å². The molecule has 2 aliphatic rings. The topological polar surface area (TPSA) is 70.2 Å². The summed E-state index contributed by atoms with van der Waals surface area (Å²) in [5.41, 5.74) is 0.571. The highest BCUT2D eigenvalue weighted by molar-refractivity contribution is 7.15. The Kier molecular flexibility index (Phi) is 6.45. The molecule has 0 spiro atoms. The van der Waals surface area contributed by atoms with Crippen LogP contribution in [0.2, 0.25) is 0 Å². The van der Waals surface area contributed by atoms with E-state index in [1.54, 1.807) is 17.5 Å². The summed E-state index contributed by atoms with van der Waals surface area (Å²) in [6.07, 6.45) is 8.27. The minimum atomic E-state index is -0.147. The SMILES string of the molecule is Cl.O=C(Nc1ncc(C2CCNCC2)s1)c1ccc(N2CCCC2)nc1. The molecule has 0 saturated carbocycles. The van der Waals surface area contributed by atoms with Gasteiger partial charge in [0.2, 0.25) is 0 Å². The van der Waals surface area contributed by atoms with Crippen molar-refractivity contribution < 1.29 is 4.79 Å². The number of piperidine rings is 1. The van der Waals surface area contributed by atoms with E-state index in [0.717, 1.165) is 44.8 Å². The first-order valence-electron chi connectivity index (χ1n) is 8.98. The summed E-state index contributed by atoms with van der Waals surface area (Å²) in [7, 11) is 0. The van der Waals surface area contributed by atoms with Gasteiger partial charge in [-0.2, -0.15) is 0 Å². The molecule has 2 fully saturated rings. The Morgan fingerprint density at radius 1 is 1.15 bits per heavy atom. The molecule has 0 radical (unpaired) electrons. The van der Waals surface area contributed by atoms with E-state index in [0.29, 0.717) is 16.6 Å². The molecule has 2 aliphatic heterocycles. The molecule has 6 nitrogen and oxygen atoms in total. The van der Waals surface area contributed by atoms with Crippen molar-refractivity contribution in [2.75, 3.05) is 36.4 Å². The van der Waals surface area contributed by atoms with Gasteiger partial charge >= 0.3 is 0 Å². The lowest BCUT2D eigenvalue weighted by atomic mass is 9.97. The van der Waals surface area contributed by atoms with Crippen molar-refractivity contribution in [2.45, 2.75) is 31.6 Å². The molecular weight excluding hydrogens is 370 g/mol. The molecule has 0 aliphatic carbocycles. The Morgan fingerprint density at radius 2 is 1.92 bits per heavy atom. The van der Waals surface area contributed by atoms with Crippen molar-refractivity contribution in [1.82, 2.24) is 15.3 Å². The number of hydrogen-bond acceptors (Lipinski definition) is 6. The number of nitrogens with one attached hydrogen (secondary N) is 2. The van der Waals surface area contributed by atoms with Gasteiger partial charge in [0.05, 0.1) is 5.56 Å². The van der Waals surface area contributed by atoms with Crippen molar-refractivity contribution in [2.24, 2.45) is 0 Å². The highest BCUT2D eigenvalue weighted by Gasteiger charge is 2.19. The lowest BCUT2D eigenvalue weighted by Crippen LogP contribution is -2.26. The predicted octanol–water partition coefficient (Wildman–Crippen LogP) is 3.28. The summed E-state index contributed by atoms with van der Waals surface area (Å²) >= 11 is 1.59. The van der Waals surface area contributed by atoms with Gasteiger partial charge in [0.25, 0.3) is 5.91 Å². The van der Waals surface area contributed by atoms with E-state index in [9.17, 15) is 4.79 Å². The largest absolute Gasteiger partial charge is 0.357 e. The summed E-state index contributed by atoms with van der Waals surface area (Å²) in [5.74, 6) is 1.37. The molecule has 0 atom stereocenters. The Morgan fingerprint density at radius 3 is 2.62 bits per heavy atom. The number of pyridine rings is 1. The standard InChI is InChI=1S/C18H23N5OS.ClH/c24-17(14-3-4-16(20-11-14)23-9-1-2-10-23)22-18-21-12-15(25-18)13-5-7-19-8-6-13;/h3-4,11-13,19H,1-2,5-10H2,(H,21,22,24);1H. The van der Waals surface area contributed by atoms with Gasteiger partial charge in [-0.3, -0.25) is 10.1 Å². The van der Waals surface area contributed by atoms with E-state index in [2.05, 4.69) is 25.5 Å². The van der Waals surface area contributed by atoms with Crippen molar-refractivity contribution in [3.05, 3.63) is 35.0 Å². The molecule has 8 heteroatoms. The van der Waals surface area contributed by atoms with Crippen LogP contribution in [0.4, 0.5) is 10.9 Å². The number of carbonyl (C=O) groups is 1. The molecule has 0 aromatic carbocycles. The predicted molar refractivity (Wildman–Crippen MR) is 108 cm³/mol. The first kappa shape index (κ1) is 19.1. The first-order valence-corrected chi connectivity index (χ1v) is 9.80. The first-order chi connectivity index (χ1) is 12.3. The number of amides is 1. The van der Waals surface area contributed by atoms with Crippen LogP contribution in [0.1, 0.15) is 46.8 Å². The normalized spacial score (nSPS) is 17.8. The molecule has 140 valence electrons. The Labute approximate surface area is 163 Å². The minimum Gasteiger partial charge on any atom is -0.357 e. The van der Waals surface area contributed by atoms with Crippen LogP contribution >= 0.6 is 23.7 Å². The number of carbonyl (C=O) groups excluding carboxylic acids is 1. The quantitative estimate of drug-likeness (QED) is 0.834. The molecule has 4 rings (SSSR count). The van der Waals surface area contributed by atoms with Crippen molar-refractivity contribution in [1.29, 1.82) is 0 Å². The van der Waals surface area contributed by atoms with Gasteiger partial charge in [-0.1, -0.05) is 0 Å². The van der Waals surface area contributed by atoms with Crippen LogP contribution in [-0.4, -0.2) is 42.1 Å². The van der Waals surface area contributed by atoms with Crippen LogP contribution in [0.25, 0.3) is 0 Å². The zero-order valence-corrected chi connectivity index (χ0v) is 16.2. The summed E-state index contributed by atoms with van der Waals surface area (Å²) in [6, 6.07) is 3.78. The fourth-order valence-corrected chi connectivity index (χ4v) is 4.44. The third-order valence-corrected chi connectivity index (χ3v) is 6.00. The second-order valence-corrected chi connectivity index (χ2v) is 7.71. The Hall–Kier alpha value is -1.70. The molecule has 2 N–H and O–H groups in total. The van der Waals surface area contributed by atoms with Gasteiger partial charge in [-0.25, -0.2) is 9.97 Å². The lowest BCUT2D eigenvalue weighted by molar-refractivity contribution is 0.102. The van der Waals surface area contributed by atoms with Crippen molar-refractivity contribution >= 4 is 40.6 Å². The summed E-state index contributed by atoms with van der Waals surface area (Å²) < 4.78 is 0. The highest BCUT2D eigenvalue weighted by atomic mass is 35.5. The molecule has 2 aromatic rings. The average molecular weight is 394 g/mol. The number of rotatable bonds is 4. The molecule has 0 bridgehead atoms. The monoisotopic (exact) mass is 393 g/mol. The second kappa shape index (κ2) is 8.79. The van der Waals surface area contributed by atoms with Crippen LogP contribution in [-0.2, 0) is 0 Å². The van der Waals surface area contributed by atoms with E-state index >= 15 is 0 Å². The average Bonchev–Trinajstić information content (AvgIpc) is 3.35. The third kappa shape index (κ3) is 4.34. The lowest BCUT2D eigenvalue weighted by Gasteiger charge is -2.20. The summed E-state index contributed by atoms with van der Waals surface area (Å²) in [4.78, 5) is 24.8. The highest BCUT2D eigenvalue weighted by Crippen LogP contribution is 2.31. The maximum absolute atomic E-state index is 12.4. The Bertz CT molecular complexity index is 723. The molecule has 2 saturated heterocycles. The molecule has 26 heavy (non-hydrogen) atoms. The molecule has 1 amide bonds. The Balaban J connectivity index is 0.00000196. The fraction of sp³-hybridized carbons (Fsp3) is 0.500. The van der Waals surface area contributed by atoms with Crippen molar-refractivity contribution in [3.8, 4) is 0 Å². The fourth-order valence-electron chi connectivity index (χ4n) is 3.46. The van der Waals surface area contributed by atoms with E-state index in [4.69, 9.17) is 0 Å². The van der Waals surface area contributed by atoms with Gasteiger partial charge in [0.15, 0.2) is 5.13 Å². The van der Waals surface area contributed by atoms with Gasteiger partial charge in [-0.15, -0.1) is 23.7 Å². The van der Waals surface area contributed by atoms with Crippen LogP contribution < -0.4 is 15.5 Å². The molecule has 4 heterocycles. The van der Waals surface area contributed by atoms with Gasteiger partial charge in [0, 0.05) is 30.4 Å². The van der Waals surface area contributed by atoms with Gasteiger partial charge < -0.3 is 10.2 Å². The molecule has 0 unspecified atom stereocenters. The van der Waals surface area contributed by atoms with Crippen LogP contribution in [0.15, 0.2) is 24.5 Å². The number of hydrogen-bond donors (Lipinski definition) is 2. The molecular formula is C18H24ClN5OS. The zero-order valence-electron chi connectivity index (χ0n) is 14.6. The number of thiazole rings is 1. The van der Waals surface area contributed by atoms with Crippen LogP contribution in [0.3, 0.4) is 0 Å². The van der Waals surface area contributed by atoms with Gasteiger partial charge in [-0.05, 0) is 56.8 Å².